The normalized spacial score (nSPS) is 12.4. The van der Waals surface area contributed by atoms with Gasteiger partial charge in [0.05, 0.1) is 5.25 Å². The van der Waals surface area contributed by atoms with Crippen LogP contribution in [0.4, 0.5) is 4.39 Å². The van der Waals surface area contributed by atoms with E-state index in [1.165, 1.54) is 41.6 Å². The minimum absolute atomic E-state index is 0.0212. The summed E-state index contributed by atoms with van der Waals surface area (Å²) >= 11 is 1.53. The Bertz CT molecular complexity index is 602. The first-order chi connectivity index (χ1) is 9.97. The van der Waals surface area contributed by atoms with E-state index in [9.17, 15) is 9.18 Å². The number of carbonyl (C=O) groups is 1. The molecule has 2 rings (SSSR count). The van der Waals surface area contributed by atoms with E-state index in [1.54, 1.807) is 0 Å². The Morgan fingerprint density at radius 2 is 1.52 bits per heavy atom. The van der Waals surface area contributed by atoms with Crippen LogP contribution in [-0.2, 0) is 0 Å². The quantitative estimate of drug-likeness (QED) is 0.550. The summed E-state index contributed by atoms with van der Waals surface area (Å²) in [7, 11) is 0. The highest BCUT2D eigenvalue weighted by Crippen LogP contribution is 2.27. The second-order valence-electron chi connectivity index (χ2n) is 5.35. The van der Waals surface area contributed by atoms with Gasteiger partial charge in [-0.3, -0.25) is 4.79 Å². The highest BCUT2D eigenvalue weighted by molar-refractivity contribution is 8.00. The third-order valence-electron chi connectivity index (χ3n) is 3.36. The maximum Gasteiger partial charge on any atom is 0.175 e. The van der Waals surface area contributed by atoms with Crippen LogP contribution in [0.5, 0.6) is 0 Å². The van der Waals surface area contributed by atoms with Gasteiger partial charge in [0, 0.05) is 10.5 Å². The lowest BCUT2D eigenvalue weighted by Gasteiger charge is -2.11. The van der Waals surface area contributed by atoms with E-state index in [-0.39, 0.29) is 16.9 Å². The van der Waals surface area contributed by atoms with E-state index in [0.717, 1.165) is 4.90 Å². The van der Waals surface area contributed by atoms with Crippen LogP contribution < -0.4 is 0 Å². The number of thioether (sulfide) groups is 1. The zero-order chi connectivity index (χ0) is 15.4. The monoisotopic (exact) mass is 302 g/mol. The number of carbonyl (C=O) groups excluding carboxylic acids is 1. The molecule has 0 amide bonds. The largest absolute Gasteiger partial charge is 0.293 e. The second kappa shape index (κ2) is 6.90. The molecule has 0 saturated heterocycles. The van der Waals surface area contributed by atoms with Crippen LogP contribution in [0.15, 0.2) is 53.4 Å². The van der Waals surface area contributed by atoms with Gasteiger partial charge in [0.15, 0.2) is 5.78 Å². The summed E-state index contributed by atoms with van der Waals surface area (Å²) in [5.41, 5.74) is 1.84. The Morgan fingerprint density at radius 1 is 0.952 bits per heavy atom. The van der Waals surface area contributed by atoms with Crippen molar-refractivity contribution >= 4 is 17.5 Å². The van der Waals surface area contributed by atoms with E-state index in [0.29, 0.717) is 11.5 Å². The highest BCUT2D eigenvalue weighted by atomic mass is 32.2. The zero-order valence-corrected chi connectivity index (χ0v) is 13.3. The molecule has 2 aromatic carbocycles. The maximum absolute atomic E-state index is 12.9. The van der Waals surface area contributed by atoms with Crippen LogP contribution in [0.3, 0.4) is 0 Å². The molecule has 0 spiro atoms. The van der Waals surface area contributed by atoms with E-state index in [2.05, 4.69) is 38.1 Å². The molecule has 0 aliphatic heterocycles. The molecular formula is C18H19FOS. The van der Waals surface area contributed by atoms with Crippen LogP contribution >= 0.6 is 11.8 Å². The number of hydrogen-bond donors (Lipinski definition) is 0. The number of benzene rings is 2. The Hall–Kier alpha value is -1.61. The summed E-state index contributed by atoms with van der Waals surface area (Å²) in [5, 5.41) is -0.194. The molecule has 3 heteroatoms. The highest BCUT2D eigenvalue weighted by Gasteiger charge is 2.16. The van der Waals surface area contributed by atoms with Crippen LogP contribution in [-0.4, -0.2) is 11.0 Å². The van der Waals surface area contributed by atoms with Gasteiger partial charge in [-0.1, -0.05) is 26.0 Å². The van der Waals surface area contributed by atoms with Gasteiger partial charge in [0.25, 0.3) is 0 Å². The van der Waals surface area contributed by atoms with Gasteiger partial charge in [0.2, 0.25) is 0 Å². The van der Waals surface area contributed by atoms with Crippen molar-refractivity contribution in [3.63, 3.8) is 0 Å². The predicted octanol–water partition coefficient (Wildman–Crippen LogP) is 5.31. The molecule has 0 N–H and O–H groups in total. The first kappa shape index (κ1) is 15.8. The van der Waals surface area contributed by atoms with Crippen LogP contribution in [0.2, 0.25) is 0 Å². The van der Waals surface area contributed by atoms with E-state index >= 15 is 0 Å². The van der Waals surface area contributed by atoms with Crippen molar-refractivity contribution in [3.8, 4) is 0 Å². The molecule has 1 unspecified atom stereocenters. The van der Waals surface area contributed by atoms with Crippen molar-refractivity contribution in [2.24, 2.45) is 0 Å². The molecule has 0 fully saturated rings. The van der Waals surface area contributed by atoms with Crippen LogP contribution in [0.25, 0.3) is 0 Å². The van der Waals surface area contributed by atoms with Gasteiger partial charge in [0.1, 0.15) is 5.82 Å². The average Bonchev–Trinajstić information content (AvgIpc) is 2.47. The Morgan fingerprint density at radius 3 is 2.05 bits per heavy atom. The summed E-state index contributed by atoms with van der Waals surface area (Å²) in [6.45, 7) is 6.19. The van der Waals surface area contributed by atoms with E-state index in [1.807, 2.05) is 6.92 Å². The van der Waals surface area contributed by atoms with Crippen molar-refractivity contribution in [2.45, 2.75) is 36.8 Å². The number of halogens is 1. The number of ketones is 1. The first-order valence-electron chi connectivity index (χ1n) is 7.04. The molecule has 110 valence electrons. The maximum atomic E-state index is 12.9. The molecule has 0 bridgehead atoms. The standard InChI is InChI=1S/C18H19FOS/c1-12(2)14-6-10-17(11-7-14)21-13(3)18(20)15-4-8-16(19)9-5-15/h4-13H,1-3H3. The van der Waals surface area contributed by atoms with Crippen LogP contribution in [0, 0.1) is 5.82 Å². The molecule has 0 radical (unpaired) electrons. The average molecular weight is 302 g/mol. The minimum atomic E-state index is -0.323. The van der Waals surface area contributed by atoms with Gasteiger partial charge in [-0.2, -0.15) is 0 Å². The van der Waals surface area contributed by atoms with E-state index in [4.69, 9.17) is 0 Å². The number of Topliss-reactive ketones (excluding diaryl/α,β-unsaturated/α-hetero) is 1. The summed E-state index contributed by atoms with van der Waals surface area (Å²) in [6, 6.07) is 14.0. The summed E-state index contributed by atoms with van der Waals surface area (Å²) in [5.74, 6) is 0.200. The lowest BCUT2D eigenvalue weighted by Crippen LogP contribution is -2.13. The zero-order valence-electron chi connectivity index (χ0n) is 12.5. The summed E-state index contributed by atoms with van der Waals surface area (Å²) in [4.78, 5) is 13.4. The fourth-order valence-corrected chi connectivity index (χ4v) is 2.98. The van der Waals surface area contributed by atoms with Crippen molar-refractivity contribution in [1.29, 1.82) is 0 Å². The SMILES string of the molecule is CC(Sc1ccc(C(C)C)cc1)C(=O)c1ccc(F)cc1. The number of hydrogen-bond acceptors (Lipinski definition) is 2. The van der Waals surface area contributed by atoms with Gasteiger partial charge < -0.3 is 0 Å². The minimum Gasteiger partial charge on any atom is -0.293 e. The molecule has 1 nitrogen and oxygen atoms in total. The van der Waals surface area contributed by atoms with Crippen molar-refractivity contribution in [1.82, 2.24) is 0 Å². The third kappa shape index (κ3) is 4.18. The molecule has 0 aliphatic carbocycles. The molecule has 0 aromatic heterocycles. The topological polar surface area (TPSA) is 17.1 Å². The Labute approximate surface area is 129 Å². The smallest absolute Gasteiger partial charge is 0.175 e. The van der Waals surface area contributed by atoms with Gasteiger partial charge in [-0.25, -0.2) is 4.39 Å². The Balaban J connectivity index is 2.05. The van der Waals surface area contributed by atoms with Crippen molar-refractivity contribution in [3.05, 3.63) is 65.5 Å². The first-order valence-corrected chi connectivity index (χ1v) is 7.91. The Kier molecular flexibility index (Phi) is 5.18. The molecule has 0 heterocycles. The number of rotatable bonds is 5. The van der Waals surface area contributed by atoms with Crippen LogP contribution in [0.1, 0.15) is 42.6 Å². The molecule has 21 heavy (non-hydrogen) atoms. The summed E-state index contributed by atoms with van der Waals surface area (Å²) < 4.78 is 12.9. The van der Waals surface area contributed by atoms with Gasteiger partial charge in [-0.05, 0) is 54.8 Å². The molecule has 0 aliphatic rings. The third-order valence-corrected chi connectivity index (χ3v) is 4.47. The predicted molar refractivity (Wildman–Crippen MR) is 86.6 cm³/mol. The lowest BCUT2D eigenvalue weighted by atomic mass is 10.0. The molecular weight excluding hydrogens is 283 g/mol. The lowest BCUT2D eigenvalue weighted by molar-refractivity contribution is 0.0994. The van der Waals surface area contributed by atoms with Gasteiger partial charge >= 0.3 is 0 Å². The fourth-order valence-electron chi connectivity index (χ4n) is 2.04. The summed E-state index contributed by atoms with van der Waals surface area (Å²) in [6.07, 6.45) is 0. The second-order valence-corrected chi connectivity index (χ2v) is 6.77. The molecule has 1 atom stereocenters. The fraction of sp³-hybridized carbons (Fsp3) is 0.278. The van der Waals surface area contributed by atoms with E-state index < -0.39 is 0 Å². The molecule has 0 saturated carbocycles. The van der Waals surface area contributed by atoms with Gasteiger partial charge in [-0.15, -0.1) is 11.8 Å². The van der Waals surface area contributed by atoms with Crippen molar-refractivity contribution in [2.75, 3.05) is 0 Å². The van der Waals surface area contributed by atoms with Crippen molar-refractivity contribution < 1.29 is 9.18 Å². The molecule has 2 aromatic rings.